The Morgan fingerprint density at radius 2 is 2.47 bits per heavy atom. The third-order valence-corrected chi connectivity index (χ3v) is 1.60. The number of aromatic nitrogens is 2. The lowest BCUT2D eigenvalue weighted by atomic mass is 10.4. The Morgan fingerprint density at radius 1 is 1.73 bits per heavy atom. The van der Waals surface area contributed by atoms with Crippen LogP contribution in [0.4, 0.5) is 5.82 Å². The average molecular weight is 215 g/mol. The first kappa shape index (κ1) is 11.5. The molecule has 15 heavy (non-hydrogen) atoms. The second-order valence-corrected chi connectivity index (χ2v) is 2.96. The Labute approximate surface area is 86.1 Å². The fourth-order valence-electron chi connectivity index (χ4n) is 0.885. The lowest BCUT2D eigenvalue weighted by Crippen LogP contribution is -2.24. The third kappa shape index (κ3) is 3.96. The number of hydrogen-bond acceptors (Lipinski definition) is 6. The maximum absolute atomic E-state index is 11.1. The normalized spacial score (nSPS) is 12.4. The summed E-state index contributed by atoms with van der Waals surface area (Å²) in [5.41, 5.74) is 5.34. The van der Waals surface area contributed by atoms with Gasteiger partial charge >= 0.3 is 5.97 Å². The van der Waals surface area contributed by atoms with Crippen molar-refractivity contribution in [3.63, 3.8) is 0 Å². The lowest BCUT2D eigenvalue weighted by molar-refractivity contribution is -0.148. The fourth-order valence-corrected chi connectivity index (χ4v) is 0.885. The largest absolute Gasteiger partial charge is 0.461 e. The minimum atomic E-state index is -1.04. The van der Waals surface area contributed by atoms with Crippen LogP contribution in [0.5, 0.6) is 0 Å². The number of anilines is 1. The van der Waals surface area contributed by atoms with Gasteiger partial charge in [-0.05, 0) is 6.07 Å². The van der Waals surface area contributed by atoms with Crippen LogP contribution < -0.4 is 5.73 Å². The first-order chi connectivity index (χ1) is 7.11. The van der Waals surface area contributed by atoms with Crippen molar-refractivity contribution in [1.29, 1.82) is 0 Å². The van der Waals surface area contributed by atoms with E-state index in [-0.39, 0.29) is 13.2 Å². The van der Waals surface area contributed by atoms with Gasteiger partial charge in [0.05, 0.1) is 6.61 Å². The molecule has 7 heteroatoms. The first-order valence-corrected chi connectivity index (χ1v) is 4.35. The second kappa shape index (κ2) is 5.32. The molecule has 1 aromatic rings. The second-order valence-electron chi connectivity index (χ2n) is 2.96. The number of nitrogens with two attached hydrogens (primary N) is 1. The van der Waals surface area contributed by atoms with Gasteiger partial charge in [-0.15, -0.1) is 0 Å². The van der Waals surface area contributed by atoms with Crippen LogP contribution >= 0.6 is 0 Å². The molecule has 0 fully saturated rings. The monoisotopic (exact) mass is 215 g/mol. The molecule has 0 radical (unpaired) electrons. The molecule has 0 spiro atoms. The van der Waals surface area contributed by atoms with Crippen molar-refractivity contribution >= 4 is 11.8 Å². The molecule has 1 atom stereocenters. The van der Waals surface area contributed by atoms with E-state index >= 15 is 0 Å². The number of carbonyl (C=O) groups is 1. The molecule has 7 nitrogen and oxygen atoms in total. The van der Waals surface area contributed by atoms with Crippen molar-refractivity contribution in [2.24, 2.45) is 0 Å². The van der Waals surface area contributed by atoms with Gasteiger partial charge < -0.3 is 20.7 Å². The molecule has 0 aliphatic carbocycles. The van der Waals surface area contributed by atoms with Crippen LogP contribution in [0.25, 0.3) is 0 Å². The smallest absolute Gasteiger partial charge is 0.327 e. The van der Waals surface area contributed by atoms with Crippen LogP contribution in [-0.4, -0.2) is 45.3 Å². The standard InChI is InChI=1S/C8H13N3O4/c9-7-1-2-11(10-7)3-8(14)15-5-6(13)4-12/h1-2,6,12-13H,3-5H2,(H2,9,10). The van der Waals surface area contributed by atoms with Gasteiger partial charge in [-0.3, -0.25) is 9.48 Å². The van der Waals surface area contributed by atoms with Crippen molar-refractivity contribution in [2.75, 3.05) is 18.9 Å². The maximum atomic E-state index is 11.1. The molecular formula is C8H13N3O4. The Balaban J connectivity index is 2.30. The molecule has 0 saturated heterocycles. The van der Waals surface area contributed by atoms with E-state index in [9.17, 15) is 4.79 Å². The number of aliphatic hydroxyl groups is 2. The molecule has 4 N–H and O–H groups in total. The number of nitrogen functional groups attached to an aromatic ring is 1. The maximum Gasteiger partial charge on any atom is 0.327 e. The summed E-state index contributed by atoms with van der Waals surface area (Å²) in [5, 5.41) is 21.2. The van der Waals surface area contributed by atoms with Crippen LogP contribution in [0, 0.1) is 0 Å². The minimum Gasteiger partial charge on any atom is -0.461 e. The van der Waals surface area contributed by atoms with Crippen molar-refractivity contribution < 1.29 is 19.7 Å². The number of nitrogens with zero attached hydrogens (tertiary/aromatic N) is 2. The van der Waals surface area contributed by atoms with E-state index in [0.29, 0.717) is 5.82 Å². The Morgan fingerprint density at radius 3 is 3.00 bits per heavy atom. The minimum absolute atomic E-state index is 0.0741. The summed E-state index contributed by atoms with van der Waals surface area (Å²) in [4.78, 5) is 11.1. The van der Waals surface area contributed by atoms with E-state index in [1.807, 2.05) is 0 Å². The van der Waals surface area contributed by atoms with Crippen molar-refractivity contribution in [3.8, 4) is 0 Å². The molecule has 84 valence electrons. The van der Waals surface area contributed by atoms with Crippen LogP contribution in [0.3, 0.4) is 0 Å². The number of rotatable bonds is 5. The molecule has 0 bridgehead atoms. The molecule has 0 aromatic carbocycles. The zero-order valence-corrected chi connectivity index (χ0v) is 8.04. The van der Waals surface area contributed by atoms with E-state index in [4.69, 9.17) is 15.9 Å². The number of aliphatic hydroxyl groups excluding tert-OH is 2. The quantitative estimate of drug-likeness (QED) is 0.508. The predicted octanol–water partition coefficient (Wildman–Crippen LogP) is -1.64. The van der Waals surface area contributed by atoms with Crippen molar-refractivity contribution in [3.05, 3.63) is 12.3 Å². The zero-order valence-electron chi connectivity index (χ0n) is 8.04. The van der Waals surface area contributed by atoms with Crippen molar-refractivity contribution in [2.45, 2.75) is 12.6 Å². The highest BCUT2D eigenvalue weighted by Gasteiger charge is 2.08. The van der Waals surface area contributed by atoms with Gasteiger partial charge in [0.1, 0.15) is 25.1 Å². The zero-order chi connectivity index (χ0) is 11.3. The highest BCUT2D eigenvalue weighted by atomic mass is 16.5. The van der Waals surface area contributed by atoms with Gasteiger partial charge in [0.2, 0.25) is 0 Å². The summed E-state index contributed by atoms with van der Waals surface area (Å²) in [5.74, 6) is -0.233. The van der Waals surface area contributed by atoms with Gasteiger partial charge in [0.15, 0.2) is 0 Å². The average Bonchev–Trinajstić information content (AvgIpc) is 2.60. The highest BCUT2D eigenvalue weighted by molar-refractivity contribution is 5.69. The molecule has 0 amide bonds. The molecule has 1 aromatic heterocycles. The number of esters is 1. The van der Waals surface area contributed by atoms with Crippen LogP contribution in [0.15, 0.2) is 12.3 Å². The van der Waals surface area contributed by atoms with E-state index in [2.05, 4.69) is 9.84 Å². The van der Waals surface area contributed by atoms with Crippen LogP contribution in [0.2, 0.25) is 0 Å². The molecule has 0 aliphatic rings. The molecule has 0 saturated carbocycles. The van der Waals surface area contributed by atoms with E-state index in [1.54, 1.807) is 12.3 Å². The van der Waals surface area contributed by atoms with Gasteiger partial charge in [-0.2, -0.15) is 5.10 Å². The Hall–Kier alpha value is -1.60. The van der Waals surface area contributed by atoms with Gasteiger partial charge in [0, 0.05) is 6.20 Å². The van der Waals surface area contributed by atoms with Crippen LogP contribution in [-0.2, 0) is 16.1 Å². The van der Waals surface area contributed by atoms with Gasteiger partial charge in [-0.1, -0.05) is 0 Å². The third-order valence-electron chi connectivity index (χ3n) is 1.60. The van der Waals surface area contributed by atoms with E-state index < -0.39 is 18.7 Å². The lowest BCUT2D eigenvalue weighted by Gasteiger charge is -2.08. The molecular weight excluding hydrogens is 202 g/mol. The summed E-state index contributed by atoms with van der Waals surface area (Å²) in [6.45, 7) is -0.747. The Kier molecular flexibility index (Phi) is 4.07. The number of hydrogen-bond donors (Lipinski definition) is 3. The van der Waals surface area contributed by atoms with Crippen LogP contribution in [0.1, 0.15) is 0 Å². The summed E-state index contributed by atoms with van der Waals surface area (Å²) >= 11 is 0. The topological polar surface area (TPSA) is 111 Å². The highest BCUT2D eigenvalue weighted by Crippen LogP contribution is 1.96. The summed E-state index contributed by atoms with van der Waals surface area (Å²) < 4.78 is 5.98. The van der Waals surface area contributed by atoms with E-state index in [0.717, 1.165) is 0 Å². The van der Waals surface area contributed by atoms with Gasteiger partial charge in [0.25, 0.3) is 0 Å². The molecule has 1 heterocycles. The van der Waals surface area contributed by atoms with Gasteiger partial charge in [-0.25, -0.2) is 0 Å². The fraction of sp³-hybridized carbons (Fsp3) is 0.500. The van der Waals surface area contributed by atoms with E-state index in [1.165, 1.54) is 4.68 Å². The first-order valence-electron chi connectivity index (χ1n) is 4.35. The van der Waals surface area contributed by atoms with Crippen molar-refractivity contribution in [1.82, 2.24) is 9.78 Å². The molecule has 0 aliphatic heterocycles. The molecule has 1 rings (SSSR count). The Bertz CT molecular complexity index is 325. The summed E-state index contributed by atoms with van der Waals surface area (Å²) in [6, 6.07) is 1.55. The molecule has 1 unspecified atom stereocenters. The SMILES string of the molecule is Nc1ccn(CC(=O)OCC(O)CO)n1. The summed E-state index contributed by atoms with van der Waals surface area (Å²) in [7, 11) is 0. The predicted molar refractivity (Wildman–Crippen MR) is 50.7 cm³/mol. The summed E-state index contributed by atoms with van der Waals surface area (Å²) in [6.07, 6.45) is 0.496. The number of ether oxygens (including phenoxy) is 1. The number of carbonyl (C=O) groups excluding carboxylic acids is 1.